The average molecular weight is 562 g/mol. The van der Waals surface area contributed by atoms with Gasteiger partial charge in [0.05, 0.1) is 13.0 Å². The lowest BCUT2D eigenvalue weighted by Crippen LogP contribution is -2.33. The van der Waals surface area contributed by atoms with Crippen molar-refractivity contribution in [3.8, 4) is 5.75 Å². The Balaban J connectivity index is 1.37. The average Bonchev–Trinajstić information content (AvgIpc) is 2.95. The van der Waals surface area contributed by atoms with Crippen LogP contribution in [-0.4, -0.2) is 12.5 Å². The highest BCUT2D eigenvalue weighted by Gasteiger charge is 2.14. The fourth-order valence-electron chi connectivity index (χ4n) is 5.09. The van der Waals surface area contributed by atoms with E-state index in [0.717, 1.165) is 30.6 Å². The maximum atomic E-state index is 14.6. The lowest BCUT2D eigenvalue weighted by molar-refractivity contribution is -0.688. The fraction of sp³-hybridized carbons (Fsp3) is 0.500. The number of amides is 1. The zero-order chi connectivity index (χ0) is 29.3. The molecule has 0 atom stereocenters. The van der Waals surface area contributed by atoms with Gasteiger partial charge < -0.3 is 10.1 Å². The maximum Gasteiger partial charge on any atom is 0.228 e. The molecule has 0 fully saturated rings. The zero-order valence-corrected chi connectivity index (χ0v) is 25.5. The molecule has 1 heterocycles. The molecule has 5 heteroatoms. The number of aromatic nitrogens is 1. The third-order valence-corrected chi connectivity index (χ3v) is 7.74. The number of pyridine rings is 1. The molecule has 0 saturated carbocycles. The predicted octanol–water partition coefficient (Wildman–Crippen LogP) is 9.04. The second-order valence-corrected chi connectivity index (χ2v) is 11.4. The molecule has 0 aliphatic carbocycles. The molecule has 2 aromatic carbocycles. The van der Waals surface area contributed by atoms with Gasteiger partial charge in [-0.1, -0.05) is 102 Å². The van der Waals surface area contributed by atoms with Crippen molar-refractivity contribution in [2.45, 2.75) is 111 Å². The SMILES string of the molecule is CCCCCCCCCCCCCCOc1c(F)cccc1CC(=O)Nc1ccc(C[n+]2ccc(C)c(C)c2)cc1. The van der Waals surface area contributed by atoms with E-state index in [1.54, 1.807) is 12.1 Å². The molecule has 0 unspecified atom stereocenters. The first-order valence-corrected chi connectivity index (χ1v) is 15.7. The largest absolute Gasteiger partial charge is 0.490 e. The highest BCUT2D eigenvalue weighted by Crippen LogP contribution is 2.24. The van der Waals surface area contributed by atoms with Crippen LogP contribution in [0.3, 0.4) is 0 Å². The number of rotatable bonds is 19. The van der Waals surface area contributed by atoms with Gasteiger partial charge in [0, 0.05) is 28.4 Å². The Morgan fingerprint density at radius 1 is 0.805 bits per heavy atom. The number of nitrogens with zero attached hydrogens (tertiary/aromatic N) is 1. The summed E-state index contributed by atoms with van der Waals surface area (Å²) in [5, 5.41) is 2.94. The minimum absolute atomic E-state index is 0.0613. The Kier molecular flexibility index (Phi) is 14.4. The second kappa shape index (κ2) is 18.3. The van der Waals surface area contributed by atoms with E-state index in [0.29, 0.717) is 12.2 Å². The monoisotopic (exact) mass is 561 g/mol. The third kappa shape index (κ3) is 12.0. The van der Waals surface area contributed by atoms with Gasteiger partial charge in [0.15, 0.2) is 30.5 Å². The van der Waals surface area contributed by atoms with Crippen LogP contribution in [0.5, 0.6) is 5.75 Å². The number of carbonyl (C=O) groups is 1. The molecular formula is C36H50FN2O2+. The standard InChI is InChI=1S/C36H49FN2O2/c1-4-5-6-7-8-9-10-11-12-13-14-15-25-41-36-32(17-16-18-34(36)37)26-35(40)38-33-21-19-31(20-22-33)28-39-24-23-29(2)30(3)27-39/h16-24,27H,4-15,25-26,28H2,1-3H3/p+1. The van der Waals surface area contributed by atoms with Crippen LogP contribution >= 0.6 is 0 Å². The fourth-order valence-corrected chi connectivity index (χ4v) is 5.09. The topological polar surface area (TPSA) is 42.2 Å². The van der Waals surface area contributed by atoms with Gasteiger partial charge in [0.2, 0.25) is 5.91 Å². The summed E-state index contributed by atoms with van der Waals surface area (Å²) in [5.41, 5.74) is 4.97. The van der Waals surface area contributed by atoms with E-state index in [4.69, 9.17) is 4.74 Å². The number of ether oxygens (including phenoxy) is 1. The van der Waals surface area contributed by atoms with Crippen molar-refractivity contribution in [1.82, 2.24) is 0 Å². The minimum atomic E-state index is -0.414. The summed E-state index contributed by atoms with van der Waals surface area (Å²) >= 11 is 0. The van der Waals surface area contributed by atoms with Gasteiger partial charge >= 0.3 is 0 Å². The molecule has 4 nitrogen and oxygen atoms in total. The van der Waals surface area contributed by atoms with Crippen molar-refractivity contribution < 1.29 is 18.5 Å². The summed E-state index contributed by atoms with van der Waals surface area (Å²) < 4.78 is 22.6. The maximum absolute atomic E-state index is 14.6. The third-order valence-electron chi connectivity index (χ3n) is 7.74. The van der Waals surface area contributed by atoms with Gasteiger partial charge in [-0.05, 0) is 44.0 Å². The number of hydrogen-bond acceptors (Lipinski definition) is 2. The lowest BCUT2D eigenvalue weighted by atomic mass is 10.1. The molecule has 3 rings (SSSR count). The number of nitrogens with one attached hydrogen (secondary N) is 1. The Labute approximate surface area is 247 Å². The van der Waals surface area contributed by atoms with Gasteiger partial charge in [-0.3, -0.25) is 4.79 Å². The van der Waals surface area contributed by atoms with Crippen molar-refractivity contribution >= 4 is 11.6 Å². The molecule has 3 aromatic rings. The lowest BCUT2D eigenvalue weighted by Gasteiger charge is -2.13. The summed E-state index contributed by atoms with van der Waals surface area (Å²) in [6.07, 6.45) is 19.5. The molecule has 1 N–H and O–H groups in total. The second-order valence-electron chi connectivity index (χ2n) is 11.4. The number of halogens is 1. The molecule has 0 aliphatic rings. The summed E-state index contributed by atoms with van der Waals surface area (Å²) in [5.74, 6) is -0.406. The highest BCUT2D eigenvalue weighted by molar-refractivity contribution is 5.92. The number of benzene rings is 2. The van der Waals surface area contributed by atoms with Crippen molar-refractivity contribution in [2.24, 2.45) is 0 Å². The zero-order valence-electron chi connectivity index (χ0n) is 25.5. The van der Waals surface area contributed by atoms with Gasteiger partial charge in [-0.25, -0.2) is 8.96 Å². The minimum Gasteiger partial charge on any atom is -0.490 e. The molecule has 0 spiro atoms. The number of anilines is 1. The Morgan fingerprint density at radius 3 is 2.07 bits per heavy atom. The van der Waals surface area contributed by atoms with Crippen LogP contribution in [0, 0.1) is 19.7 Å². The van der Waals surface area contributed by atoms with E-state index >= 15 is 0 Å². The van der Waals surface area contributed by atoms with Crippen LogP contribution < -0.4 is 14.6 Å². The van der Waals surface area contributed by atoms with Crippen LogP contribution in [-0.2, 0) is 17.8 Å². The molecule has 0 bridgehead atoms. The Morgan fingerprint density at radius 2 is 1.44 bits per heavy atom. The first-order valence-electron chi connectivity index (χ1n) is 15.7. The van der Waals surface area contributed by atoms with E-state index in [2.05, 4.69) is 49.1 Å². The summed E-state index contributed by atoms with van der Waals surface area (Å²) in [6.45, 7) is 7.70. The molecule has 222 valence electrons. The van der Waals surface area contributed by atoms with Gasteiger partial charge in [-0.2, -0.15) is 0 Å². The van der Waals surface area contributed by atoms with E-state index in [1.807, 2.05) is 24.3 Å². The van der Waals surface area contributed by atoms with Crippen molar-refractivity contribution in [1.29, 1.82) is 0 Å². The summed E-state index contributed by atoms with van der Waals surface area (Å²) in [6, 6.07) is 14.8. The van der Waals surface area contributed by atoms with Crippen LogP contribution in [0.1, 0.15) is 106 Å². The first-order chi connectivity index (χ1) is 20.0. The highest BCUT2D eigenvalue weighted by atomic mass is 19.1. The van der Waals surface area contributed by atoms with Crippen LogP contribution in [0.2, 0.25) is 0 Å². The Hall–Kier alpha value is -3.21. The summed E-state index contributed by atoms with van der Waals surface area (Å²) in [7, 11) is 0. The number of hydrogen-bond donors (Lipinski definition) is 1. The first kappa shape index (κ1) is 32.3. The summed E-state index contributed by atoms with van der Waals surface area (Å²) in [4.78, 5) is 12.8. The van der Waals surface area contributed by atoms with Crippen molar-refractivity contribution in [3.63, 3.8) is 0 Å². The van der Waals surface area contributed by atoms with Crippen molar-refractivity contribution in [3.05, 3.63) is 89.0 Å². The number of carbonyl (C=O) groups excluding carboxylic acids is 1. The molecule has 41 heavy (non-hydrogen) atoms. The van der Waals surface area contributed by atoms with Crippen LogP contribution in [0.25, 0.3) is 0 Å². The van der Waals surface area contributed by atoms with Gasteiger partial charge in [0.1, 0.15) is 0 Å². The van der Waals surface area contributed by atoms with E-state index in [-0.39, 0.29) is 18.1 Å². The number of unbranched alkanes of at least 4 members (excludes halogenated alkanes) is 11. The van der Waals surface area contributed by atoms with Gasteiger partial charge in [-0.15, -0.1) is 0 Å². The molecule has 1 aromatic heterocycles. The molecule has 0 saturated heterocycles. The smallest absolute Gasteiger partial charge is 0.228 e. The van der Waals surface area contributed by atoms with Crippen LogP contribution in [0.4, 0.5) is 10.1 Å². The van der Waals surface area contributed by atoms with E-state index < -0.39 is 5.82 Å². The van der Waals surface area contributed by atoms with Gasteiger partial charge in [0.25, 0.3) is 0 Å². The predicted molar refractivity (Wildman–Crippen MR) is 167 cm³/mol. The molecule has 0 radical (unpaired) electrons. The van der Waals surface area contributed by atoms with Crippen LogP contribution in [0.15, 0.2) is 60.9 Å². The normalized spacial score (nSPS) is 11.0. The Bertz CT molecular complexity index is 1190. The quantitative estimate of drug-likeness (QED) is 0.117. The molecule has 0 aliphatic heterocycles. The van der Waals surface area contributed by atoms with Crippen molar-refractivity contribution in [2.75, 3.05) is 11.9 Å². The molecular weight excluding hydrogens is 511 g/mol. The number of para-hydroxylation sites is 1. The van der Waals surface area contributed by atoms with E-state index in [9.17, 15) is 9.18 Å². The molecule has 1 amide bonds. The van der Waals surface area contributed by atoms with E-state index in [1.165, 1.54) is 81.4 Å². The number of aryl methyl sites for hydroxylation is 2.